The number of nitrogens with zero attached hydrogens (tertiary/aromatic N) is 1. The minimum absolute atomic E-state index is 0.281. The molecule has 100 valence electrons. The SMILES string of the molecule is Cc1nc(COc2cccc(Cl)c2)sc1C(=O)NN. The summed E-state index contributed by atoms with van der Waals surface area (Å²) in [7, 11) is 0. The highest BCUT2D eigenvalue weighted by Gasteiger charge is 2.14. The van der Waals surface area contributed by atoms with E-state index in [-0.39, 0.29) is 12.5 Å². The summed E-state index contributed by atoms with van der Waals surface area (Å²) < 4.78 is 5.56. The van der Waals surface area contributed by atoms with Gasteiger partial charge in [0.1, 0.15) is 22.2 Å². The van der Waals surface area contributed by atoms with Gasteiger partial charge < -0.3 is 4.74 Å². The van der Waals surface area contributed by atoms with Crippen LogP contribution in [0.2, 0.25) is 5.02 Å². The zero-order valence-corrected chi connectivity index (χ0v) is 11.7. The van der Waals surface area contributed by atoms with E-state index in [0.29, 0.717) is 26.4 Å². The Kier molecular flexibility index (Phi) is 4.36. The normalized spacial score (nSPS) is 10.3. The van der Waals surface area contributed by atoms with Gasteiger partial charge in [-0.25, -0.2) is 10.8 Å². The highest BCUT2D eigenvalue weighted by molar-refractivity contribution is 7.13. The van der Waals surface area contributed by atoms with Crippen molar-refractivity contribution in [3.63, 3.8) is 0 Å². The lowest BCUT2D eigenvalue weighted by Gasteiger charge is -2.03. The summed E-state index contributed by atoms with van der Waals surface area (Å²) in [5, 5.41) is 1.31. The molecule has 0 fully saturated rings. The van der Waals surface area contributed by atoms with E-state index >= 15 is 0 Å². The first-order valence-corrected chi connectivity index (χ1v) is 6.65. The molecule has 5 nitrogen and oxygen atoms in total. The second kappa shape index (κ2) is 6.01. The van der Waals surface area contributed by atoms with Gasteiger partial charge in [0.25, 0.3) is 5.91 Å². The van der Waals surface area contributed by atoms with Gasteiger partial charge in [-0.1, -0.05) is 17.7 Å². The summed E-state index contributed by atoms with van der Waals surface area (Å²) in [5.74, 6) is 5.41. The summed E-state index contributed by atoms with van der Waals surface area (Å²) in [5.41, 5.74) is 2.73. The van der Waals surface area contributed by atoms with Crippen molar-refractivity contribution in [2.45, 2.75) is 13.5 Å². The summed E-state index contributed by atoms with van der Waals surface area (Å²) in [6, 6.07) is 7.10. The number of halogens is 1. The summed E-state index contributed by atoms with van der Waals surface area (Å²) >= 11 is 7.11. The van der Waals surface area contributed by atoms with E-state index in [1.165, 1.54) is 11.3 Å². The van der Waals surface area contributed by atoms with Gasteiger partial charge in [0.2, 0.25) is 0 Å². The lowest BCUT2D eigenvalue weighted by molar-refractivity contribution is 0.0957. The Morgan fingerprint density at radius 1 is 1.58 bits per heavy atom. The number of carbonyl (C=O) groups is 1. The smallest absolute Gasteiger partial charge is 0.277 e. The topological polar surface area (TPSA) is 77.2 Å². The molecular formula is C12H12ClN3O2S. The van der Waals surface area contributed by atoms with Crippen LogP contribution in [0.3, 0.4) is 0 Å². The third-order valence-corrected chi connectivity index (χ3v) is 3.70. The Morgan fingerprint density at radius 2 is 2.37 bits per heavy atom. The van der Waals surface area contributed by atoms with Crippen LogP contribution in [0.15, 0.2) is 24.3 Å². The Balaban J connectivity index is 2.06. The van der Waals surface area contributed by atoms with Crippen LogP contribution in [-0.4, -0.2) is 10.9 Å². The fraction of sp³-hybridized carbons (Fsp3) is 0.167. The molecule has 0 unspecified atom stereocenters. The van der Waals surface area contributed by atoms with Gasteiger partial charge >= 0.3 is 0 Å². The molecule has 0 spiro atoms. The van der Waals surface area contributed by atoms with Crippen LogP contribution >= 0.6 is 22.9 Å². The van der Waals surface area contributed by atoms with Crippen molar-refractivity contribution < 1.29 is 9.53 Å². The standard InChI is InChI=1S/C12H12ClN3O2S/c1-7-11(12(17)16-14)19-10(15-7)6-18-9-4-2-3-8(13)5-9/h2-5H,6,14H2,1H3,(H,16,17). The van der Waals surface area contributed by atoms with Crippen LogP contribution < -0.4 is 16.0 Å². The number of nitrogens with two attached hydrogens (primary N) is 1. The number of hydrogen-bond donors (Lipinski definition) is 2. The zero-order chi connectivity index (χ0) is 13.8. The van der Waals surface area contributed by atoms with Crippen molar-refractivity contribution in [3.8, 4) is 5.75 Å². The molecule has 1 amide bonds. The Bertz CT molecular complexity index is 600. The number of hydrogen-bond acceptors (Lipinski definition) is 5. The van der Waals surface area contributed by atoms with Gasteiger partial charge in [0, 0.05) is 5.02 Å². The first-order chi connectivity index (χ1) is 9.10. The lowest BCUT2D eigenvalue weighted by Crippen LogP contribution is -2.29. The predicted molar refractivity (Wildman–Crippen MR) is 74.3 cm³/mol. The van der Waals surface area contributed by atoms with Gasteiger partial charge in [0.05, 0.1) is 5.69 Å². The fourth-order valence-corrected chi connectivity index (χ4v) is 2.55. The Labute approximate surface area is 119 Å². The monoisotopic (exact) mass is 297 g/mol. The molecule has 0 aliphatic rings. The average molecular weight is 298 g/mol. The van der Waals surface area contributed by atoms with Crippen molar-refractivity contribution in [2.24, 2.45) is 5.84 Å². The molecule has 2 rings (SSSR count). The quantitative estimate of drug-likeness (QED) is 0.516. The lowest BCUT2D eigenvalue weighted by atomic mass is 10.3. The first-order valence-electron chi connectivity index (χ1n) is 5.45. The van der Waals surface area contributed by atoms with E-state index in [1.807, 2.05) is 0 Å². The molecular weight excluding hydrogens is 286 g/mol. The number of hydrazine groups is 1. The van der Waals surface area contributed by atoms with E-state index in [2.05, 4.69) is 10.4 Å². The maximum absolute atomic E-state index is 11.4. The van der Waals surface area contributed by atoms with E-state index in [4.69, 9.17) is 22.2 Å². The minimum atomic E-state index is -0.344. The van der Waals surface area contributed by atoms with Gasteiger partial charge in [-0.15, -0.1) is 11.3 Å². The van der Waals surface area contributed by atoms with Crippen LogP contribution in [0.5, 0.6) is 5.75 Å². The number of rotatable bonds is 4. The summed E-state index contributed by atoms with van der Waals surface area (Å²) in [6.07, 6.45) is 0. The highest BCUT2D eigenvalue weighted by atomic mass is 35.5. The molecule has 0 aliphatic heterocycles. The highest BCUT2D eigenvalue weighted by Crippen LogP contribution is 2.21. The van der Waals surface area contributed by atoms with Gasteiger partial charge in [-0.3, -0.25) is 10.2 Å². The molecule has 1 aromatic heterocycles. The third kappa shape index (κ3) is 3.44. The number of aromatic nitrogens is 1. The van der Waals surface area contributed by atoms with E-state index < -0.39 is 0 Å². The fourth-order valence-electron chi connectivity index (χ4n) is 1.49. The minimum Gasteiger partial charge on any atom is -0.486 e. The number of aryl methyl sites for hydroxylation is 1. The van der Waals surface area contributed by atoms with Crippen molar-refractivity contribution in [1.82, 2.24) is 10.4 Å². The number of nitrogens with one attached hydrogen (secondary N) is 1. The maximum Gasteiger partial charge on any atom is 0.277 e. The average Bonchev–Trinajstić information content (AvgIpc) is 2.77. The van der Waals surface area contributed by atoms with Gasteiger partial charge in [0.15, 0.2) is 0 Å². The van der Waals surface area contributed by atoms with Crippen molar-refractivity contribution in [1.29, 1.82) is 0 Å². The van der Waals surface area contributed by atoms with Crippen LogP contribution in [-0.2, 0) is 6.61 Å². The van der Waals surface area contributed by atoms with Crippen molar-refractivity contribution in [2.75, 3.05) is 0 Å². The van der Waals surface area contributed by atoms with Crippen LogP contribution in [0.1, 0.15) is 20.4 Å². The second-order valence-corrected chi connectivity index (χ2v) is 5.26. The molecule has 19 heavy (non-hydrogen) atoms. The predicted octanol–water partition coefficient (Wildman–Crippen LogP) is 2.29. The molecule has 0 radical (unpaired) electrons. The number of ether oxygens (including phenoxy) is 1. The molecule has 3 N–H and O–H groups in total. The molecule has 2 aromatic rings. The van der Waals surface area contributed by atoms with Crippen LogP contribution in [0.4, 0.5) is 0 Å². The largest absolute Gasteiger partial charge is 0.486 e. The molecule has 1 aromatic carbocycles. The maximum atomic E-state index is 11.4. The Morgan fingerprint density at radius 3 is 3.05 bits per heavy atom. The molecule has 0 saturated carbocycles. The van der Waals surface area contributed by atoms with Crippen LogP contribution in [0, 0.1) is 6.92 Å². The molecule has 0 bridgehead atoms. The Hall–Kier alpha value is -1.63. The van der Waals surface area contributed by atoms with E-state index in [1.54, 1.807) is 31.2 Å². The third-order valence-electron chi connectivity index (χ3n) is 2.34. The number of benzene rings is 1. The summed E-state index contributed by atoms with van der Waals surface area (Å²) in [4.78, 5) is 16.2. The van der Waals surface area contributed by atoms with E-state index in [0.717, 1.165) is 0 Å². The van der Waals surface area contributed by atoms with Crippen molar-refractivity contribution in [3.05, 3.63) is 44.9 Å². The number of thiazole rings is 1. The second-order valence-electron chi connectivity index (χ2n) is 3.74. The molecule has 7 heteroatoms. The van der Waals surface area contributed by atoms with Gasteiger partial charge in [-0.05, 0) is 25.1 Å². The molecule has 1 heterocycles. The van der Waals surface area contributed by atoms with Crippen molar-refractivity contribution >= 4 is 28.8 Å². The van der Waals surface area contributed by atoms with Crippen LogP contribution in [0.25, 0.3) is 0 Å². The number of nitrogen functional groups attached to an aromatic ring is 1. The molecule has 0 aliphatic carbocycles. The van der Waals surface area contributed by atoms with E-state index in [9.17, 15) is 4.79 Å². The first kappa shape index (κ1) is 13.8. The molecule has 0 saturated heterocycles. The van der Waals surface area contributed by atoms with Gasteiger partial charge in [-0.2, -0.15) is 0 Å². The summed E-state index contributed by atoms with van der Waals surface area (Å²) in [6.45, 7) is 2.04. The number of carbonyl (C=O) groups excluding carboxylic acids is 1. The molecule has 0 atom stereocenters. The zero-order valence-electron chi connectivity index (χ0n) is 10.1. The number of amides is 1.